The molecule has 0 saturated heterocycles. The predicted molar refractivity (Wildman–Crippen MR) is 62.0 cm³/mol. The van der Waals surface area contributed by atoms with Gasteiger partial charge in [-0.3, -0.25) is 0 Å². The highest BCUT2D eigenvalue weighted by Gasteiger charge is 2.40. The number of nitrogens with zero attached hydrogens (tertiary/aromatic N) is 4. The Bertz CT molecular complexity index is 336. The third-order valence-electron chi connectivity index (χ3n) is 3.78. The maximum atomic E-state index is 4.20. The van der Waals surface area contributed by atoms with Crippen molar-refractivity contribution < 1.29 is 0 Å². The Morgan fingerprint density at radius 2 is 2.19 bits per heavy atom. The molecule has 0 aromatic carbocycles. The standard InChI is InChI=1S/C11H21N5/c1-4-11(7-6-8-11)16-10(13-14-15-16)9(3)12-5-2/h9,12H,4-8H2,1-3H3. The van der Waals surface area contributed by atoms with Crippen molar-refractivity contribution in [1.29, 1.82) is 0 Å². The first kappa shape index (κ1) is 11.5. The molecule has 5 nitrogen and oxygen atoms in total. The maximum Gasteiger partial charge on any atom is 0.168 e. The molecular weight excluding hydrogens is 202 g/mol. The van der Waals surface area contributed by atoms with Gasteiger partial charge in [0, 0.05) is 0 Å². The van der Waals surface area contributed by atoms with Crippen molar-refractivity contribution in [2.24, 2.45) is 0 Å². The molecule has 1 atom stereocenters. The van der Waals surface area contributed by atoms with Gasteiger partial charge in [-0.05, 0) is 49.6 Å². The van der Waals surface area contributed by atoms with Gasteiger partial charge in [0.1, 0.15) is 0 Å². The van der Waals surface area contributed by atoms with Crippen LogP contribution in [0.2, 0.25) is 0 Å². The number of hydrogen-bond acceptors (Lipinski definition) is 4. The Morgan fingerprint density at radius 3 is 2.69 bits per heavy atom. The van der Waals surface area contributed by atoms with Crippen LogP contribution in [0.15, 0.2) is 0 Å². The smallest absolute Gasteiger partial charge is 0.168 e. The van der Waals surface area contributed by atoms with Crippen molar-refractivity contribution in [2.75, 3.05) is 6.54 Å². The van der Waals surface area contributed by atoms with Crippen molar-refractivity contribution in [3.05, 3.63) is 5.82 Å². The molecule has 1 aromatic heterocycles. The van der Waals surface area contributed by atoms with Crippen molar-refractivity contribution in [3.8, 4) is 0 Å². The second-order valence-electron chi connectivity index (χ2n) is 4.66. The molecule has 0 bridgehead atoms. The van der Waals surface area contributed by atoms with Gasteiger partial charge in [0.25, 0.3) is 0 Å². The summed E-state index contributed by atoms with van der Waals surface area (Å²) in [4.78, 5) is 0. The summed E-state index contributed by atoms with van der Waals surface area (Å²) in [5, 5.41) is 15.6. The quantitative estimate of drug-likeness (QED) is 0.824. The molecular formula is C11H21N5. The molecule has 2 rings (SSSR count). The fourth-order valence-corrected chi connectivity index (χ4v) is 2.50. The van der Waals surface area contributed by atoms with Gasteiger partial charge in [-0.2, -0.15) is 0 Å². The highest BCUT2D eigenvalue weighted by Crippen LogP contribution is 2.42. The Hall–Kier alpha value is -0.970. The largest absolute Gasteiger partial charge is 0.308 e. The first-order valence-corrected chi connectivity index (χ1v) is 6.25. The average molecular weight is 223 g/mol. The second-order valence-corrected chi connectivity index (χ2v) is 4.66. The molecule has 1 heterocycles. The van der Waals surface area contributed by atoms with Crippen LogP contribution in [0.3, 0.4) is 0 Å². The summed E-state index contributed by atoms with van der Waals surface area (Å²) in [6.07, 6.45) is 4.83. The van der Waals surface area contributed by atoms with Crippen LogP contribution in [0.4, 0.5) is 0 Å². The summed E-state index contributed by atoms with van der Waals surface area (Å²) in [7, 11) is 0. The minimum absolute atomic E-state index is 0.197. The molecule has 1 N–H and O–H groups in total. The molecule has 1 unspecified atom stereocenters. The number of rotatable bonds is 5. The van der Waals surface area contributed by atoms with E-state index in [-0.39, 0.29) is 11.6 Å². The Balaban J connectivity index is 2.24. The van der Waals surface area contributed by atoms with Crippen LogP contribution >= 0.6 is 0 Å². The van der Waals surface area contributed by atoms with Crippen molar-refractivity contribution >= 4 is 0 Å². The van der Waals surface area contributed by atoms with Crippen LogP contribution < -0.4 is 5.32 Å². The summed E-state index contributed by atoms with van der Waals surface area (Å²) in [6.45, 7) is 7.38. The molecule has 1 aliphatic carbocycles. The molecule has 0 spiro atoms. The lowest BCUT2D eigenvalue weighted by atomic mass is 9.75. The number of hydrogen-bond donors (Lipinski definition) is 1. The second kappa shape index (κ2) is 4.49. The first-order chi connectivity index (χ1) is 7.73. The summed E-state index contributed by atoms with van der Waals surface area (Å²) in [5.41, 5.74) is 0.197. The summed E-state index contributed by atoms with van der Waals surface area (Å²) in [5.74, 6) is 0.975. The topological polar surface area (TPSA) is 55.6 Å². The van der Waals surface area contributed by atoms with E-state index >= 15 is 0 Å². The van der Waals surface area contributed by atoms with Crippen LogP contribution in [-0.2, 0) is 5.54 Å². The fourth-order valence-electron chi connectivity index (χ4n) is 2.50. The molecule has 5 heteroatoms. The lowest BCUT2D eigenvalue weighted by Gasteiger charge is -2.41. The molecule has 0 aliphatic heterocycles. The third kappa shape index (κ3) is 1.73. The lowest BCUT2D eigenvalue weighted by Crippen LogP contribution is -2.43. The fraction of sp³-hybridized carbons (Fsp3) is 0.909. The van der Waals surface area contributed by atoms with Crippen molar-refractivity contribution in [1.82, 2.24) is 25.5 Å². The number of aromatic nitrogens is 4. The minimum atomic E-state index is 0.197. The molecule has 1 fully saturated rings. The Morgan fingerprint density at radius 1 is 1.44 bits per heavy atom. The zero-order valence-corrected chi connectivity index (χ0v) is 10.4. The molecule has 1 saturated carbocycles. The maximum absolute atomic E-state index is 4.20. The lowest BCUT2D eigenvalue weighted by molar-refractivity contribution is 0.109. The van der Waals surface area contributed by atoms with Gasteiger partial charge in [-0.1, -0.05) is 13.8 Å². The highest BCUT2D eigenvalue weighted by molar-refractivity contribution is 5.00. The molecule has 1 aliphatic rings. The molecule has 0 radical (unpaired) electrons. The van der Waals surface area contributed by atoms with Crippen molar-refractivity contribution in [3.63, 3.8) is 0 Å². The number of nitrogens with one attached hydrogen (secondary N) is 1. The Labute approximate surface area is 96.6 Å². The molecule has 90 valence electrons. The van der Waals surface area contributed by atoms with Gasteiger partial charge in [0.15, 0.2) is 5.82 Å². The van der Waals surface area contributed by atoms with E-state index in [9.17, 15) is 0 Å². The van der Waals surface area contributed by atoms with Crippen LogP contribution in [0, 0.1) is 0 Å². The van der Waals surface area contributed by atoms with Crippen molar-refractivity contribution in [2.45, 2.75) is 58.0 Å². The minimum Gasteiger partial charge on any atom is -0.308 e. The zero-order chi connectivity index (χ0) is 11.6. The Kier molecular flexibility index (Phi) is 3.23. The van der Waals surface area contributed by atoms with E-state index in [4.69, 9.17) is 0 Å². The van der Waals surface area contributed by atoms with E-state index in [2.05, 4.69) is 46.3 Å². The van der Waals surface area contributed by atoms with Gasteiger partial charge in [-0.15, -0.1) is 5.10 Å². The summed E-state index contributed by atoms with van der Waals surface area (Å²) >= 11 is 0. The van der Waals surface area contributed by atoms with Crippen LogP contribution in [0.5, 0.6) is 0 Å². The summed E-state index contributed by atoms with van der Waals surface area (Å²) in [6, 6.07) is 0.226. The van der Waals surface area contributed by atoms with E-state index in [1.54, 1.807) is 0 Å². The normalized spacial score (nSPS) is 20.4. The van der Waals surface area contributed by atoms with Gasteiger partial charge < -0.3 is 5.32 Å². The third-order valence-corrected chi connectivity index (χ3v) is 3.78. The van der Waals surface area contributed by atoms with Gasteiger partial charge in [-0.25, -0.2) is 4.68 Å². The molecule has 1 aromatic rings. The summed E-state index contributed by atoms with van der Waals surface area (Å²) < 4.78 is 2.06. The van der Waals surface area contributed by atoms with E-state index in [0.29, 0.717) is 0 Å². The van der Waals surface area contributed by atoms with E-state index < -0.39 is 0 Å². The average Bonchev–Trinajstić information content (AvgIpc) is 2.67. The van der Waals surface area contributed by atoms with Crippen LogP contribution in [-0.4, -0.2) is 26.8 Å². The van der Waals surface area contributed by atoms with Gasteiger partial charge in [0.2, 0.25) is 0 Å². The van der Waals surface area contributed by atoms with Crippen LogP contribution in [0.25, 0.3) is 0 Å². The van der Waals surface area contributed by atoms with Gasteiger partial charge in [0.05, 0.1) is 11.6 Å². The zero-order valence-electron chi connectivity index (χ0n) is 10.4. The van der Waals surface area contributed by atoms with Gasteiger partial charge >= 0.3 is 0 Å². The molecule has 16 heavy (non-hydrogen) atoms. The highest BCUT2D eigenvalue weighted by atomic mass is 15.6. The molecule has 0 amide bonds. The monoisotopic (exact) mass is 223 g/mol. The van der Waals surface area contributed by atoms with Crippen LogP contribution in [0.1, 0.15) is 58.3 Å². The SMILES string of the molecule is CCNC(C)c1nnnn1C1(CC)CCC1. The number of tetrazole rings is 1. The van der Waals surface area contributed by atoms with E-state index in [1.807, 2.05) is 0 Å². The predicted octanol–water partition coefficient (Wildman–Crippen LogP) is 1.63. The van der Waals surface area contributed by atoms with E-state index in [0.717, 1.165) is 18.8 Å². The van der Waals surface area contributed by atoms with E-state index in [1.165, 1.54) is 19.3 Å². The first-order valence-electron chi connectivity index (χ1n) is 6.25.